The zero-order chi connectivity index (χ0) is 17.8. The van der Waals surface area contributed by atoms with Crippen molar-refractivity contribution < 1.29 is 4.79 Å². The number of benzene rings is 2. The summed E-state index contributed by atoms with van der Waals surface area (Å²) in [5.41, 5.74) is 3.32. The van der Waals surface area contributed by atoms with E-state index in [0.717, 1.165) is 15.6 Å². The number of hydrogen-bond donors (Lipinski definition) is 1. The Labute approximate surface area is 158 Å². The van der Waals surface area contributed by atoms with Crippen LogP contribution in [0.15, 0.2) is 53.0 Å². The van der Waals surface area contributed by atoms with Crippen molar-refractivity contribution >= 4 is 38.2 Å². The van der Waals surface area contributed by atoms with Crippen LogP contribution < -0.4 is 5.32 Å². The van der Waals surface area contributed by atoms with Crippen LogP contribution in [0.5, 0.6) is 0 Å². The van der Waals surface area contributed by atoms with Crippen molar-refractivity contribution in [3.8, 4) is 17.3 Å². The van der Waals surface area contributed by atoms with Gasteiger partial charge in [0.2, 0.25) is 0 Å². The Kier molecular flexibility index (Phi) is 5.27. The van der Waals surface area contributed by atoms with E-state index in [9.17, 15) is 4.79 Å². The number of aromatic nitrogens is 1. The van der Waals surface area contributed by atoms with Crippen molar-refractivity contribution in [1.29, 1.82) is 5.26 Å². The van der Waals surface area contributed by atoms with Gasteiger partial charge in [0.15, 0.2) is 0 Å². The van der Waals surface area contributed by atoms with Crippen LogP contribution in [-0.4, -0.2) is 10.9 Å². The molecule has 0 atom stereocenters. The second-order valence-electron chi connectivity index (χ2n) is 5.45. The molecule has 6 heteroatoms. The van der Waals surface area contributed by atoms with E-state index in [4.69, 9.17) is 5.26 Å². The van der Waals surface area contributed by atoms with Crippen molar-refractivity contribution in [3.05, 3.63) is 69.1 Å². The van der Waals surface area contributed by atoms with Crippen LogP contribution in [0.3, 0.4) is 0 Å². The first kappa shape index (κ1) is 17.3. The van der Waals surface area contributed by atoms with Gasteiger partial charge in [0, 0.05) is 15.6 Å². The molecule has 0 saturated carbocycles. The first-order valence-corrected chi connectivity index (χ1v) is 9.18. The smallest absolute Gasteiger partial charge is 0.256 e. The summed E-state index contributed by atoms with van der Waals surface area (Å²) in [5, 5.41) is 13.2. The second kappa shape index (κ2) is 7.60. The van der Waals surface area contributed by atoms with E-state index in [0.29, 0.717) is 21.3 Å². The lowest BCUT2D eigenvalue weighted by Gasteiger charge is -2.06. The number of aryl methyl sites for hydroxylation is 1. The molecule has 2 aromatic carbocycles. The number of rotatable bonds is 4. The maximum atomic E-state index is 12.5. The number of thiazole rings is 1. The molecule has 3 aromatic rings. The molecule has 0 fully saturated rings. The van der Waals surface area contributed by atoms with E-state index in [1.54, 1.807) is 12.1 Å². The minimum Gasteiger partial charge on any atom is -0.312 e. The molecule has 0 aliphatic carbocycles. The fraction of sp³-hybridized carbons (Fsp3) is 0.105. The standard InChI is InChI=1S/C19H14BrN3OS/c1-12-2-4-13(5-3-12)17-19(25-16(22-17)10-11-21)23-18(24)14-6-8-15(20)9-7-14/h2-9H,10H2,1H3,(H,23,24). The van der Waals surface area contributed by atoms with Crippen molar-refractivity contribution in [3.63, 3.8) is 0 Å². The largest absolute Gasteiger partial charge is 0.312 e. The molecular weight excluding hydrogens is 398 g/mol. The summed E-state index contributed by atoms with van der Waals surface area (Å²) in [6.07, 6.45) is 0.220. The fourth-order valence-electron chi connectivity index (χ4n) is 2.28. The van der Waals surface area contributed by atoms with Crippen LogP contribution >= 0.6 is 27.3 Å². The van der Waals surface area contributed by atoms with Gasteiger partial charge in [0.1, 0.15) is 15.7 Å². The van der Waals surface area contributed by atoms with Crippen LogP contribution in [0.2, 0.25) is 0 Å². The van der Waals surface area contributed by atoms with E-state index in [2.05, 4.69) is 32.3 Å². The predicted molar refractivity (Wildman–Crippen MR) is 104 cm³/mol. The molecule has 124 valence electrons. The summed E-state index contributed by atoms with van der Waals surface area (Å²) < 4.78 is 0.915. The summed E-state index contributed by atoms with van der Waals surface area (Å²) in [4.78, 5) is 17.1. The fourth-order valence-corrected chi connectivity index (χ4v) is 3.45. The Morgan fingerprint density at radius 2 is 1.88 bits per heavy atom. The lowest BCUT2D eigenvalue weighted by Crippen LogP contribution is -2.11. The topological polar surface area (TPSA) is 65.8 Å². The molecule has 0 aliphatic heterocycles. The minimum atomic E-state index is -0.201. The van der Waals surface area contributed by atoms with E-state index >= 15 is 0 Å². The highest BCUT2D eigenvalue weighted by Crippen LogP contribution is 2.34. The Morgan fingerprint density at radius 3 is 2.52 bits per heavy atom. The van der Waals surface area contributed by atoms with Gasteiger partial charge in [-0.1, -0.05) is 57.1 Å². The van der Waals surface area contributed by atoms with E-state index in [-0.39, 0.29) is 12.3 Å². The van der Waals surface area contributed by atoms with Crippen molar-refractivity contribution in [1.82, 2.24) is 4.98 Å². The Morgan fingerprint density at radius 1 is 1.20 bits per heavy atom. The number of carbonyl (C=O) groups excluding carboxylic acids is 1. The summed E-state index contributed by atoms with van der Waals surface area (Å²) in [7, 11) is 0. The number of nitrogens with one attached hydrogen (secondary N) is 1. The average molecular weight is 412 g/mol. The molecule has 1 aromatic heterocycles. The Bertz CT molecular complexity index is 940. The third-order valence-electron chi connectivity index (χ3n) is 3.56. The van der Waals surface area contributed by atoms with Gasteiger partial charge in [-0.25, -0.2) is 4.98 Å². The minimum absolute atomic E-state index is 0.201. The Balaban J connectivity index is 1.94. The third kappa shape index (κ3) is 4.13. The van der Waals surface area contributed by atoms with E-state index in [1.807, 2.05) is 43.3 Å². The van der Waals surface area contributed by atoms with Gasteiger partial charge in [-0.05, 0) is 31.2 Å². The second-order valence-corrected chi connectivity index (χ2v) is 7.45. The SMILES string of the molecule is Cc1ccc(-c2nc(CC#N)sc2NC(=O)c2ccc(Br)cc2)cc1. The van der Waals surface area contributed by atoms with Crippen molar-refractivity contribution in [2.75, 3.05) is 5.32 Å². The molecule has 0 bridgehead atoms. The number of amides is 1. The van der Waals surface area contributed by atoms with Gasteiger partial charge in [-0.2, -0.15) is 5.26 Å². The molecule has 0 spiro atoms. The zero-order valence-corrected chi connectivity index (χ0v) is 15.8. The predicted octanol–water partition coefficient (Wildman–Crippen LogP) is 5.20. The molecule has 0 unspecified atom stereocenters. The van der Waals surface area contributed by atoms with Gasteiger partial charge in [-0.3, -0.25) is 4.79 Å². The van der Waals surface area contributed by atoms with Crippen molar-refractivity contribution in [2.45, 2.75) is 13.3 Å². The molecule has 3 rings (SSSR count). The van der Waals surface area contributed by atoms with Crippen LogP contribution in [0.4, 0.5) is 5.00 Å². The molecule has 0 radical (unpaired) electrons. The van der Waals surface area contributed by atoms with Gasteiger partial charge < -0.3 is 5.32 Å². The normalized spacial score (nSPS) is 10.3. The maximum Gasteiger partial charge on any atom is 0.256 e. The molecule has 1 heterocycles. The number of hydrogen-bond acceptors (Lipinski definition) is 4. The van der Waals surface area contributed by atoms with Crippen LogP contribution in [-0.2, 0) is 6.42 Å². The van der Waals surface area contributed by atoms with Gasteiger partial charge in [0.05, 0.1) is 12.5 Å². The van der Waals surface area contributed by atoms with Gasteiger partial charge in [-0.15, -0.1) is 0 Å². The number of carbonyl (C=O) groups is 1. The number of nitriles is 1. The lowest BCUT2D eigenvalue weighted by atomic mass is 10.1. The zero-order valence-electron chi connectivity index (χ0n) is 13.4. The van der Waals surface area contributed by atoms with Crippen LogP contribution in [0.1, 0.15) is 20.9 Å². The summed E-state index contributed by atoms with van der Waals surface area (Å²) in [6.45, 7) is 2.02. The summed E-state index contributed by atoms with van der Waals surface area (Å²) in [5.74, 6) is -0.201. The van der Waals surface area contributed by atoms with E-state index < -0.39 is 0 Å². The number of anilines is 1. The van der Waals surface area contributed by atoms with Crippen molar-refractivity contribution in [2.24, 2.45) is 0 Å². The van der Waals surface area contributed by atoms with E-state index in [1.165, 1.54) is 11.3 Å². The highest BCUT2D eigenvalue weighted by molar-refractivity contribution is 9.10. The Hall–Kier alpha value is -2.49. The molecule has 1 N–H and O–H groups in total. The first-order valence-electron chi connectivity index (χ1n) is 7.57. The average Bonchev–Trinajstić information content (AvgIpc) is 2.99. The molecule has 1 amide bonds. The number of nitrogens with zero attached hydrogens (tertiary/aromatic N) is 2. The number of halogens is 1. The highest BCUT2D eigenvalue weighted by Gasteiger charge is 2.16. The maximum absolute atomic E-state index is 12.5. The molecule has 4 nitrogen and oxygen atoms in total. The van der Waals surface area contributed by atoms with Gasteiger partial charge >= 0.3 is 0 Å². The monoisotopic (exact) mass is 411 g/mol. The van der Waals surface area contributed by atoms with Crippen LogP contribution in [0.25, 0.3) is 11.3 Å². The van der Waals surface area contributed by atoms with Crippen LogP contribution in [0, 0.1) is 18.3 Å². The molecular formula is C19H14BrN3OS. The highest BCUT2D eigenvalue weighted by atomic mass is 79.9. The first-order chi connectivity index (χ1) is 12.1. The quantitative estimate of drug-likeness (QED) is 0.641. The lowest BCUT2D eigenvalue weighted by molar-refractivity contribution is 0.102. The molecule has 25 heavy (non-hydrogen) atoms. The molecule has 0 aliphatic rings. The van der Waals surface area contributed by atoms with Gasteiger partial charge in [0.25, 0.3) is 5.91 Å². The summed E-state index contributed by atoms with van der Waals surface area (Å²) >= 11 is 4.69. The third-order valence-corrected chi connectivity index (χ3v) is 5.06. The summed E-state index contributed by atoms with van der Waals surface area (Å²) in [6, 6.07) is 17.2. The molecule has 0 saturated heterocycles.